The molecular formula is C12H23N3O. The van der Waals surface area contributed by atoms with Crippen LogP contribution in [0.3, 0.4) is 0 Å². The molecule has 2 aliphatic rings. The van der Waals surface area contributed by atoms with Crippen LogP contribution in [0.15, 0.2) is 0 Å². The van der Waals surface area contributed by atoms with Crippen molar-refractivity contribution in [1.29, 1.82) is 0 Å². The molecule has 3 N–H and O–H groups in total. The first-order valence-electron chi connectivity index (χ1n) is 6.40. The number of nitrogens with one attached hydrogen (secondary N) is 1. The van der Waals surface area contributed by atoms with Crippen LogP contribution >= 0.6 is 0 Å². The van der Waals surface area contributed by atoms with Gasteiger partial charge in [-0.3, -0.25) is 4.79 Å². The van der Waals surface area contributed by atoms with Crippen LogP contribution in [-0.2, 0) is 4.79 Å². The average molecular weight is 225 g/mol. The van der Waals surface area contributed by atoms with Gasteiger partial charge in [-0.05, 0) is 45.7 Å². The highest BCUT2D eigenvalue weighted by atomic mass is 16.1. The van der Waals surface area contributed by atoms with Gasteiger partial charge in [-0.25, -0.2) is 0 Å². The minimum absolute atomic E-state index is 0.168. The fourth-order valence-electron chi connectivity index (χ4n) is 2.85. The van der Waals surface area contributed by atoms with Gasteiger partial charge in [0.15, 0.2) is 0 Å². The number of likely N-dealkylation sites (N-methyl/N-ethyl adjacent to an activating group) is 1. The van der Waals surface area contributed by atoms with Crippen LogP contribution in [0.25, 0.3) is 0 Å². The molecule has 2 fully saturated rings. The Bertz CT molecular complexity index is 257. The van der Waals surface area contributed by atoms with Gasteiger partial charge in [0.05, 0.1) is 0 Å². The maximum Gasteiger partial charge on any atom is 0.223 e. The van der Waals surface area contributed by atoms with Crippen molar-refractivity contribution < 1.29 is 4.79 Å². The normalized spacial score (nSPS) is 35.5. The first-order valence-corrected chi connectivity index (χ1v) is 6.40. The number of hydrogen-bond acceptors (Lipinski definition) is 3. The topological polar surface area (TPSA) is 58.4 Å². The monoisotopic (exact) mass is 225 g/mol. The molecule has 92 valence electrons. The Labute approximate surface area is 97.6 Å². The fourth-order valence-corrected chi connectivity index (χ4v) is 2.85. The quantitative estimate of drug-likeness (QED) is 0.727. The lowest BCUT2D eigenvalue weighted by molar-refractivity contribution is -0.125. The lowest BCUT2D eigenvalue weighted by Gasteiger charge is -2.20. The van der Waals surface area contributed by atoms with Crippen molar-refractivity contribution >= 4 is 5.91 Å². The Morgan fingerprint density at radius 3 is 2.81 bits per heavy atom. The van der Waals surface area contributed by atoms with Crippen molar-refractivity contribution in [3.05, 3.63) is 0 Å². The largest absolute Gasteiger partial charge is 0.354 e. The summed E-state index contributed by atoms with van der Waals surface area (Å²) >= 11 is 0. The molecule has 1 aliphatic carbocycles. The van der Waals surface area contributed by atoms with E-state index in [4.69, 9.17) is 5.73 Å². The fraction of sp³-hybridized carbons (Fsp3) is 0.917. The molecule has 1 saturated carbocycles. The van der Waals surface area contributed by atoms with Crippen molar-refractivity contribution in [2.24, 2.45) is 11.7 Å². The van der Waals surface area contributed by atoms with E-state index < -0.39 is 0 Å². The number of carbonyl (C=O) groups is 1. The van der Waals surface area contributed by atoms with E-state index in [9.17, 15) is 4.79 Å². The number of nitrogens with zero attached hydrogens (tertiary/aromatic N) is 1. The molecule has 3 unspecified atom stereocenters. The van der Waals surface area contributed by atoms with Crippen LogP contribution < -0.4 is 11.1 Å². The van der Waals surface area contributed by atoms with Gasteiger partial charge in [-0.15, -0.1) is 0 Å². The maximum atomic E-state index is 11.9. The van der Waals surface area contributed by atoms with Crippen LogP contribution in [-0.4, -0.2) is 43.0 Å². The van der Waals surface area contributed by atoms with Gasteiger partial charge in [0.1, 0.15) is 0 Å². The minimum atomic E-state index is 0.168. The van der Waals surface area contributed by atoms with E-state index in [1.165, 1.54) is 12.8 Å². The van der Waals surface area contributed by atoms with E-state index in [0.29, 0.717) is 6.04 Å². The predicted molar refractivity (Wildman–Crippen MR) is 64.0 cm³/mol. The van der Waals surface area contributed by atoms with Crippen LogP contribution in [0.5, 0.6) is 0 Å². The van der Waals surface area contributed by atoms with Crippen LogP contribution in [0.2, 0.25) is 0 Å². The SMILES string of the molecule is CN1CCCC1CNC(=O)C1CCC(N)C1. The molecule has 2 rings (SSSR count). The van der Waals surface area contributed by atoms with Gasteiger partial charge in [-0.2, -0.15) is 0 Å². The summed E-state index contributed by atoms with van der Waals surface area (Å²) in [6.07, 6.45) is 5.30. The summed E-state index contributed by atoms with van der Waals surface area (Å²) in [6, 6.07) is 0.781. The molecule has 1 amide bonds. The molecule has 1 heterocycles. The summed E-state index contributed by atoms with van der Waals surface area (Å²) in [6.45, 7) is 1.97. The molecule has 1 saturated heterocycles. The third kappa shape index (κ3) is 2.74. The van der Waals surface area contributed by atoms with Gasteiger partial charge in [-0.1, -0.05) is 0 Å². The molecule has 16 heavy (non-hydrogen) atoms. The Balaban J connectivity index is 1.71. The summed E-state index contributed by atoms with van der Waals surface area (Å²) < 4.78 is 0. The molecule has 4 nitrogen and oxygen atoms in total. The highest BCUT2D eigenvalue weighted by molar-refractivity contribution is 5.79. The number of carbonyl (C=O) groups excluding carboxylic acids is 1. The summed E-state index contributed by atoms with van der Waals surface area (Å²) in [5, 5.41) is 3.08. The molecule has 1 aliphatic heterocycles. The summed E-state index contributed by atoms with van der Waals surface area (Å²) in [4.78, 5) is 14.2. The highest BCUT2D eigenvalue weighted by Crippen LogP contribution is 2.24. The van der Waals surface area contributed by atoms with E-state index in [-0.39, 0.29) is 17.9 Å². The van der Waals surface area contributed by atoms with Gasteiger partial charge in [0, 0.05) is 24.5 Å². The second-order valence-electron chi connectivity index (χ2n) is 5.29. The van der Waals surface area contributed by atoms with Gasteiger partial charge < -0.3 is 16.0 Å². The molecule has 0 aromatic rings. The Morgan fingerprint density at radius 1 is 1.44 bits per heavy atom. The van der Waals surface area contributed by atoms with E-state index in [2.05, 4.69) is 17.3 Å². The molecule has 0 bridgehead atoms. The van der Waals surface area contributed by atoms with Crippen LogP contribution in [0, 0.1) is 5.92 Å². The van der Waals surface area contributed by atoms with Gasteiger partial charge in [0.2, 0.25) is 5.91 Å². The zero-order valence-corrected chi connectivity index (χ0v) is 10.1. The summed E-state index contributed by atoms with van der Waals surface area (Å²) in [5.41, 5.74) is 5.82. The van der Waals surface area contributed by atoms with E-state index >= 15 is 0 Å². The minimum Gasteiger partial charge on any atom is -0.354 e. The Hall–Kier alpha value is -0.610. The molecule has 4 heteroatoms. The number of rotatable bonds is 3. The van der Waals surface area contributed by atoms with Crippen molar-refractivity contribution in [3.8, 4) is 0 Å². The zero-order chi connectivity index (χ0) is 11.5. The van der Waals surface area contributed by atoms with Crippen molar-refractivity contribution in [3.63, 3.8) is 0 Å². The first-order chi connectivity index (χ1) is 7.66. The number of nitrogens with two attached hydrogens (primary N) is 1. The molecule has 0 radical (unpaired) electrons. The third-order valence-electron chi connectivity index (χ3n) is 4.03. The standard InChI is InChI=1S/C12H23N3O/c1-15-6-2-3-11(15)8-14-12(16)9-4-5-10(13)7-9/h9-11H,2-8,13H2,1H3,(H,14,16). The lowest BCUT2D eigenvalue weighted by atomic mass is 10.1. The van der Waals surface area contributed by atoms with Gasteiger partial charge in [0.25, 0.3) is 0 Å². The van der Waals surface area contributed by atoms with Crippen LogP contribution in [0.1, 0.15) is 32.1 Å². The molecule has 0 spiro atoms. The molecular weight excluding hydrogens is 202 g/mol. The lowest BCUT2D eigenvalue weighted by Crippen LogP contribution is -2.40. The zero-order valence-electron chi connectivity index (χ0n) is 10.1. The van der Waals surface area contributed by atoms with Crippen molar-refractivity contribution in [2.45, 2.75) is 44.2 Å². The average Bonchev–Trinajstić information content (AvgIpc) is 2.84. The first kappa shape index (κ1) is 11.9. The maximum absolute atomic E-state index is 11.9. The number of hydrogen-bond donors (Lipinski definition) is 2. The summed E-state index contributed by atoms with van der Waals surface area (Å²) in [7, 11) is 2.13. The molecule has 0 aromatic carbocycles. The predicted octanol–water partition coefficient (Wildman–Crippen LogP) is 0.324. The number of likely N-dealkylation sites (tertiary alicyclic amines) is 1. The number of amides is 1. The highest BCUT2D eigenvalue weighted by Gasteiger charge is 2.28. The second-order valence-corrected chi connectivity index (χ2v) is 5.29. The van der Waals surface area contributed by atoms with E-state index in [1.54, 1.807) is 0 Å². The second kappa shape index (κ2) is 5.15. The van der Waals surface area contributed by atoms with Crippen molar-refractivity contribution in [1.82, 2.24) is 10.2 Å². The Morgan fingerprint density at radius 2 is 2.25 bits per heavy atom. The van der Waals surface area contributed by atoms with Crippen molar-refractivity contribution in [2.75, 3.05) is 20.1 Å². The molecule has 3 atom stereocenters. The molecule has 0 aromatic heterocycles. The third-order valence-corrected chi connectivity index (χ3v) is 4.03. The smallest absolute Gasteiger partial charge is 0.223 e. The summed E-state index contributed by atoms with van der Waals surface area (Å²) in [5.74, 6) is 0.384. The van der Waals surface area contributed by atoms with Crippen LogP contribution in [0.4, 0.5) is 0 Å². The Kier molecular flexibility index (Phi) is 3.82. The van der Waals surface area contributed by atoms with Gasteiger partial charge >= 0.3 is 0 Å². The van der Waals surface area contributed by atoms with E-state index in [0.717, 1.165) is 32.4 Å². The van der Waals surface area contributed by atoms with E-state index in [1.807, 2.05) is 0 Å².